The fourth-order valence-corrected chi connectivity index (χ4v) is 3.03. The third kappa shape index (κ3) is 3.35. The molecule has 1 amide bonds. The van der Waals surface area contributed by atoms with Gasteiger partial charge in [-0.2, -0.15) is 0 Å². The number of pyridine rings is 2. The van der Waals surface area contributed by atoms with Crippen molar-refractivity contribution in [2.75, 3.05) is 5.32 Å². The first kappa shape index (κ1) is 17.8. The van der Waals surface area contributed by atoms with E-state index in [4.69, 9.17) is 5.73 Å². The third-order valence-corrected chi connectivity index (χ3v) is 4.42. The Morgan fingerprint density at radius 1 is 1.07 bits per heavy atom. The van der Waals surface area contributed by atoms with Gasteiger partial charge in [0, 0.05) is 23.3 Å². The van der Waals surface area contributed by atoms with E-state index < -0.39 is 6.04 Å². The van der Waals surface area contributed by atoms with Crippen molar-refractivity contribution in [3.63, 3.8) is 0 Å². The molecular formula is C21H18FN5O. The standard InChI is InChI=1S/C21H18FN5O/c1-12(23)21(28)26-17-7-6-16-18(13-8-10-24-11-9-13)19(27-20(16)25-17)14-2-4-15(22)5-3-14/h2-12H,23H2,1H3,(H2,25,26,27,28)/t12-/m1/s1. The number of rotatable bonds is 4. The van der Waals surface area contributed by atoms with Crippen molar-refractivity contribution < 1.29 is 9.18 Å². The van der Waals surface area contributed by atoms with Crippen molar-refractivity contribution in [1.82, 2.24) is 15.0 Å². The summed E-state index contributed by atoms with van der Waals surface area (Å²) in [6.07, 6.45) is 3.43. The van der Waals surface area contributed by atoms with Crippen LogP contribution in [0, 0.1) is 5.82 Å². The summed E-state index contributed by atoms with van der Waals surface area (Å²) in [5.41, 5.74) is 9.73. The smallest absolute Gasteiger partial charge is 0.242 e. The van der Waals surface area contributed by atoms with Crippen LogP contribution in [0.5, 0.6) is 0 Å². The summed E-state index contributed by atoms with van der Waals surface area (Å²) in [6, 6.07) is 13.0. The molecule has 4 rings (SSSR count). The molecule has 0 saturated carbocycles. The zero-order chi connectivity index (χ0) is 19.7. The summed E-state index contributed by atoms with van der Waals surface area (Å²) >= 11 is 0. The van der Waals surface area contributed by atoms with Crippen molar-refractivity contribution in [3.05, 3.63) is 66.7 Å². The van der Waals surface area contributed by atoms with Gasteiger partial charge >= 0.3 is 0 Å². The molecule has 0 aliphatic carbocycles. The Balaban J connectivity index is 1.89. The number of anilines is 1. The monoisotopic (exact) mass is 375 g/mol. The molecular weight excluding hydrogens is 357 g/mol. The van der Waals surface area contributed by atoms with Gasteiger partial charge in [-0.1, -0.05) is 0 Å². The van der Waals surface area contributed by atoms with Crippen molar-refractivity contribution in [1.29, 1.82) is 0 Å². The van der Waals surface area contributed by atoms with Crippen LogP contribution in [0.25, 0.3) is 33.4 Å². The third-order valence-electron chi connectivity index (χ3n) is 4.42. The molecule has 0 spiro atoms. The summed E-state index contributed by atoms with van der Waals surface area (Å²) in [5, 5.41) is 3.57. The van der Waals surface area contributed by atoms with E-state index in [0.29, 0.717) is 11.5 Å². The number of fused-ring (bicyclic) bond motifs is 1. The molecule has 4 aromatic rings. The second kappa shape index (κ2) is 7.21. The normalized spacial score (nSPS) is 12.1. The van der Waals surface area contributed by atoms with Crippen molar-refractivity contribution in [3.8, 4) is 22.4 Å². The van der Waals surface area contributed by atoms with Gasteiger partial charge in [-0.15, -0.1) is 0 Å². The van der Waals surface area contributed by atoms with E-state index in [2.05, 4.69) is 20.3 Å². The number of carbonyl (C=O) groups is 1. The first-order valence-electron chi connectivity index (χ1n) is 8.78. The molecule has 4 N–H and O–H groups in total. The molecule has 0 fully saturated rings. The number of carbonyl (C=O) groups excluding carboxylic acids is 1. The topological polar surface area (TPSA) is 96.7 Å². The van der Waals surface area contributed by atoms with Crippen LogP contribution in [0.2, 0.25) is 0 Å². The molecule has 6 nitrogen and oxygen atoms in total. The van der Waals surface area contributed by atoms with Crippen LogP contribution >= 0.6 is 0 Å². The van der Waals surface area contributed by atoms with Gasteiger partial charge in [-0.05, 0) is 66.6 Å². The first-order chi connectivity index (χ1) is 13.5. The largest absolute Gasteiger partial charge is 0.339 e. The molecule has 0 unspecified atom stereocenters. The van der Waals surface area contributed by atoms with Gasteiger partial charge < -0.3 is 16.0 Å². The van der Waals surface area contributed by atoms with Crippen LogP contribution in [-0.4, -0.2) is 26.9 Å². The Morgan fingerprint density at radius 2 is 1.79 bits per heavy atom. The average Bonchev–Trinajstić information content (AvgIpc) is 3.07. The summed E-state index contributed by atoms with van der Waals surface area (Å²) in [4.78, 5) is 23.8. The van der Waals surface area contributed by atoms with E-state index in [0.717, 1.165) is 27.8 Å². The quantitative estimate of drug-likeness (QED) is 0.506. The molecule has 0 saturated heterocycles. The van der Waals surface area contributed by atoms with Crippen LogP contribution in [0.1, 0.15) is 6.92 Å². The summed E-state index contributed by atoms with van der Waals surface area (Å²) in [7, 11) is 0. The SMILES string of the molecule is C[C@@H](N)C(=O)Nc1ccc2c(-c3ccncc3)c(-c3ccc(F)cc3)[nH]c2n1. The van der Waals surface area contributed by atoms with Crippen molar-refractivity contribution >= 4 is 22.8 Å². The highest BCUT2D eigenvalue weighted by Gasteiger charge is 2.17. The van der Waals surface area contributed by atoms with Gasteiger partial charge in [0.1, 0.15) is 17.3 Å². The molecule has 1 atom stereocenters. The maximum absolute atomic E-state index is 13.4. The lowest BCUT2D eigenvalue weighted by Gasteiger charge is -2.07. The van der Waals surface area contributed by atoms with Crippen molar-refractivity contribution in [2.24, 2.45) is 5.73 Å². The number of nitrogens with two attached hydrogens (primary N) is 1. The van der Waals surface area contributed by atoms with Gasteiger partial charge in [0.05, 0.1) is 11.7 Å². The molecule has 7 heteroatoms. The first-order valence-corrected chi connectivity index (χ1v) is 8.78. The molecule has 0 bridgehead atoms. The van der Waals surface area contributed by atoms with Crippen LogP contribution < -0.4 is 11.1 Å². The second-order valence-electron chi connectivity index (χ2n) is 6.49. The van der Waals surface area contributed by atoms with Crippen LogP contribution in [0.4, 0.5) is 10.2 Å². The predicted molar refractivity (Wildman–Crippen MR) is 107 cm³/mol. The lowest BCUT2D eigenvalue weighted by atomic mass is 10.00. The highest BCUT2D eigenvalue weighted by Crippen LogP contribution is 2.38. The van der Waals surface area contributed by atoms with Crippen LogP contribution in [0.3, 0.4) is 0 Å². The number of aromatic nitrogens is 3. The number of nitrogens with one attached hydrogen (secondary N) is 2. The maximum atomic E-state index is 13.4. The number of hydrogen-bond donors (Lipinski definition) is 3. The second-order valence-corrected chi connectivity index (χ2v) is 6.49. The van der Waals surface area contributed by atoms with Crippen molar-refractivity contribution in [2.45, 2.75) is 13.0 Å². The van der Waals surface area contributed by atoms with E-state index in [9.17, 15) is 9.18 Å². The Hall–Kier alpha value is -3.58. The number of benzene rings is 1. The highest BCUT2D eigenvalue weighted by atomic mass is 19.1. The number of amides is 1. The van der Waals surface area contributed by atoms with E-state index in [1.54, 1.807) is 37.5 Å². The molecule has 28 heavy (non-hydrogen) atoms. The van der Waals surface area contributed by atoms with E-state index in [1.165, 1.54) is 12.1 Å². The van der Waals surface area contributed by atoms with E-state index in [1.807, 2.05) is 18.2 Å². The molecule has 0 aliphatic heterocycles. The fourth-order valence-electron chi connectivity index (χ4n) is 3.03. The minimum absolute atomic E-state index is 0.302. The molecule has 3 aromatic heterocycles. The summed E-state index contributed by atoms with van der Waals surface area (Å²) < 4.78 is 13.4. The molecule has 3 heterocycles. The number of nitrogens with zero attached hydrogens (tertiary/aromatic N) is 2. The van der Waals surface area contributed by atoms with Crippen LogP contribution in [0.15, 0.2) is 60.9 Å². The fraction of sp³-hybridized carbons (Fsp3) is 0.0952. The van der Waals surface area contributed by atoms with Gasteiger partial charge in [0.2, 0.25) is 5.91 Å². The van der Waals surface area contributed by atoms with Gasteiger partial charge in [-0.25, -0.2) is 9.37 Å². The lowest BCUT2D eigenvalue weighted by molar-refractivity contribution is -0.117. The summed E-state index contributed by atoms with van der Waals surface area (Å²) in [6.45, 7) is 1.61. The van der Waals surface area contributed by atoms with Crippen LogP contribution in [-0.2, 0) is 4.79 Å². The average molecular weight is 375 g/mol. The van der Waals surface area contributed by atoms with Gasteiger partial charge in [0.15, 0.2) is 0 Å². The number of aromatic amines is 1. The minimum atomic E-state index is -0.636. The number of halogens is 1. The minimum Gasteiger partial charge on any atom is -0.339 e. The Morgan fingerprint density at radius 3 is 2.46 bits per heavy atom. The number of H-pyrrole nitrogens is 1. The summed E-state index contributed by atoms with van der Waals surface area (Å²) in [5.74, 6) is -0.209. The molecule has 0 radical (unpaired) electrons. The number of hydrogen-bond acceptors (Lipinski definition) is 4. The Kier molecular flexibility index (Phi) is 4.58. The van der Waals surface area contributed by atoms with E-state index in [-0.39, 0.29) is 11.7 Å². The highest BCUT2D eigenvalue weighted by molar-refractivity contribution is 6.03. The van der Waals surface area contributed by atoms with Gasteiger partial charge in [0.25, 0.3) is 0 Å². The molecule has 1 aromatic carbocycles. The maximum Gasteiger partial charge on any atom is 0.242 e. The Bertz CT molecular complexity index is 1140. The lowest BCUT2D eigenvalue weighted by Crippen LogP contribution is -2.32. The Labute approximate surface area is 160 Å². The predicted octanol–water partition coefficient (Wildman–Crippen LogP) is 3.72. The molecule has 140 valence electrons. The van der Waals surface area contributed by atoms with Gasteiger partial charge in [-0.3, -0.25) is 9.78 Å². The molecule has 0 aliphatic rings. The van der Waals surface area contributed by atoms with E-state index >= 15 is 0 Å². The zero-order valence-corrected chi connectivity index (χ0v) is 15.1. The zero-order valence-electron chi connectivity index (χ0n) is 15.1.